The Balaban J connectivity index is 2.40. The maximum atomic E-state index is 12.6. The fraction of sp³-hybridized carbons (Fsp3) is 0.375. The van der Waals surface area contributed by atoms with Gasteiger partial charge in [-0.25, -0.2) is 8.42 Å². The predicted molar refractivity (Wildman–Crippen MR) is 89.7 cm³/mol. The van der Waals surface area contributed by atoms with Gasteiger partial charge >= 0.3 is 0 Å². The zero-order valence-corrected chi connectivity index (χ0v) is 14.3. The van der Waals surface area contributed by atoms with Crippen LogP contribution in [0.3, 0.4) is 0 Å². The number of rotatable bonds is 6. The Bertz CT molecular complexity index is 695. The molecule has 5 heteroatoms. The van der Waals surface area contributed by atoms with Crippen molar-refractivity contribution >= 4 is 27.0 Å². The van der Waals surface area contributed by atoms with Crippen LogP contribution in [-0.2, 0) is 29.3 Å². The van der Waals surface area contributed by atoms with Crippen LogP contribution in [-0.4, -0.2) is 8.42 Å². The molecule has 0 aliphatic rings. The van der Waals surface area contributed by atoms with Gasteiger partial charge in [-0.15, -0.1) is 11.3 Å². The first kappa shape index (κ1) is 16.0. The highest BCUT2D eigenvalue weighted by Gasteiger charge is 2.19. The molecule has 0 amide bonds. The van der Waals surface area contributed by atoms with E-state index in [0.717, 1.165) is 41.0 Å². The lowest BCUT2D eigenvalue weighted by Crippen LogP contribution is -2.14. The summed E-state index contributed by atoms with van der Waals surface area (Å²) in [5.74, 6) is 0. The van der Waals surface area contributed by atoms with Crippen molar-refractivity contribution < 1.29 is 8.42 Å². The number of hydrogen-bond acceptors (Lipinski definition) is 3. The molecule has 0 aliphatic heterocycles. The van der Waals surface area contributed by atoms with Gasteiger partial charge in [0.1, 0.15) is 4.21 Å². The smallest absolute Gasteiger partial charge is 0.271 e. The van der Waals surface area contributed by atoms with Gasteiger partial charge in [0.15, 0.2) is 0 Å². The minimum atomic E-state index is -3.50. The van der Waals surface area contributed by atoms with Crippen LogP contribution < -0.4 is 4.72 Å². The molecule has 0 bridgehead atoms. The zero-order valence-electron chi connectivity index (χ0n) is 12.6. The second kappa shape index (κ2) is 6.62. The van der Waals surface area contributed by atoms with E-state index in [0.29, 0.717) is 4.21 Å². The van der Waals surface area contributed by atoms with Crippen molar-refractivity contribution in [3.63, 3.8) is 0 Å². The van der Waals surface area contributed by atoms with E-state index >= 15 is 0 Å². The summed E-state index contributed by atoms with van der Waals surface area (Å²) in [4.78, 5) is 1.08. The van der Waals surface area contributed by atoms with E-state index < -0.39 is 10.0 Å². The molecule has 0 saturated heterocycles. The van der Waals surface area contributed by atoms with Crippen molar-refractivity contribution in [1.29, 1.82) is 0 Å². The van der Waals surface area contributed by atoms with Crippen LogP contribution in [0, 0.1) is 0 Å². The van der Waals surface area contributed by atoms with Gasteiger partial charge in [0.25, 0.3) is 10.0 Å². The fourth-order valence-corrected chi connectivity index (χ4v) is 4.69. The Morgan fingerprint density at radius 3 is 2.05 bits per heavy atom. The summed E-state index contributed by atoms with van der Waals surface area (Å²) in [6.07, 6.45) is 2.46. The monoisotopic (exact) mass is 323 g/mol. The largest absolute Gasteiger partial charge is 0.278 e. The molecule has 0 atom stereocenters. The normalized spacial score (nSPS) is 11.6. The number of aryl methyl sites for hydroxylation is 3. The highest BCUT2D eigenvalue weighted by atomic mass is 32.2. The molecule has 114 valence electrons. The quantitative estimate of drug-likeness (QED) is 0.864. The Hall–Kier alpha value is -1.33. The van der Waals surface area contributed by atoms with Crippen LogP contribution in [0.25, 0.3) is 0 Å². The predicted octanol–water partition coefficient (Wildman–Crippen LogP) is 4.24. The van der Waals surface area contributed by atoms with Crippen molar-refractivity contribution in [2.24, 2.45) is 0 Å². The van der Waals surface area contributed by atoms with Crippen molar-refractivity contribution in [1.82, 2.24) is 0 Å². The number of anilines is 1. The van der Waals surface area contributed by atoms with Gasteiger partial charge in [-0.2, -0.15) is 0 Å². The van der Waals surface area contributed by atoms with Crippen LogP contribution in [0.15, 0.2) is 34.5 Å². The van der Waals surface area contributed by atoms with E-state index in [1.807, 2.05) is 45.0 Å². The van der Waals surface area contributed by atoms with E-state index in [9.17, 15) is 8.42 Å². The number of hydrogen-bond donors (Lipinski definition) is 1. The van der Waals surface area contributed by atoms with Crippen LogP contribution in [0.1, 0.15) is 36.8 Å². The first-order chi connectivity index (χ1) is 10.0. The lowest BCUT2D eigenvalue weighted by molar-refractivity contribution is 0.603. The van der Waals surface area contributed by atoms with Crippen LogP contribution in [0.2, 0.25) is 0 Å². The Labute approximate surface area is 131 Å². The van der Waals surface area contributed by atoms with Crippen LogP contribution >= 0.6 is 11.3 Å². The second-order valence-corrected chi connectivity index (χ2v) is 7.92. The van der Waals surface area contributed by atoms with E-state index in [1.54, 1.807) is 6.07 Å². The number of sulfonamides is 1. The third-order valence-corrected chi connectivity index (χ3v) is 6.56. The van der Waals surface area contributed by atoms with Gasteiger partial charge in [-0.1, -0.05) is 39.0 Å². The summed E-state index contributed by atoms with van der Waals surface area (Å²) in [6, 6.07) is 9.50. The van der Waals surface area contributed by atoms with Gasteiger partial charge in [0.2, 0.25) is 0 Å². The molecule has 1 N–H and O–H groups in total. The Kier molecular flexibility index (Phi) is 5.06. The van der Waals surface area contributed by atoms with E-state index in [1.165, 1.54) is 11.3 Å². The van der Waals surface area contributed by atoms with Crippen LogP contribution in [0.4, 0.5) is 5.69 Å². The van der Waals surface area contributed by atoms with Gasteiger partial charge in [-0.05, 0) is 42.5 Å². The SMILES string of the molecule is CCc1ccc(S(=O)(=O)Nc2c(CC)cccc2CC)s1. The van der Waals surface area contributed by atoms with Crippen molar-refractivity contribution in [2.45, 2.75) is 44.2 Å². The summed E-state index contributed by atoms with van der Waals surface area (Å²) in [7, 11) is -3.50. The molecule has 2 aromatic rings. The molecule has 21 heavy (non-hydrogen) atoms. The molecular formula is C16H21NO2S2. The molecular weight excluding hydrogens is 302 g/mol. The van der Waals surface area contributed by atoms with Crippen LogP contribution in [0.5, 0.6) is 0 Å². The molecule has 1 aromatic carbocycles. The molecule has 0 radical (unpaired) electrons. The highest BCUT2D eigenvalue weighted by molar-refractivity contribution is 7.94. The minimum absolute atomic E-state index is 0.382. The maximum absolute atomic E-state index is 12.6. The second-order valence-electron chi connectivity index (χ2n) is 4.84. The third-order valence-electron chi connectivity index (χ3n) is 3.49. The Morgan fingerprint density at radius 1 is 0.952 bits per heavy atom. The first-order valence-electron chi connectivity index (χ1n) is 7.24. The summed E-state index contributed by atoms with van der Waals surface area (Å²) < 4.78 is 28.3. The van der Waals surface area contributed by atoms with Crippen molar-refractivity contribution in [2.75, 3.05) is 4.72 Å². The average molecular weight is 323 g/mol. The molecule has 0 saturated carbocycles. The standard InChI is InChI=1S/C16H21NO2S2/c1-4-12-8-7-9-13(5-2)16(12)17-21(18,19)15-11-10-14(6-3)20-15/h7-11,17H,4-6H2,1-3H3. The molecule has 3 nitrogen and oxygen atoms in total. The molecule has 2 rings (SSSR count). The summed E-state index contributed by atoms with van der Waals surface area (Å²) in [5, 5.41) is 0. The molecule has 0 spiro atoms. The van der Waals surface area contributed by atoms with Crippen molar-refractivity contribution in [3.05, 3.63) is 46.3 Å². The van der Waals surface area contributed by atoms with Gasteiger partial charge in [0, 0.05) is 4.88 Å². The lowest BCUT2D eigenvalue weighted by Gasteiger charge is -2.14. The molecule has 1 aromatic heterocycles. The van der Waals surface area contributed by atoms with Gasteiger partial charge < -0.3 is 0 Å². The zero-order chi connectivity index (χ0) is 15.5. The minimum Gasteiger partial charge on any atom is -0.278 e. The molecule has 0 fully saturated rings. The number of para-hydroxylation sites is 1. The molecule has 0 aliphatic carbocycles. The topological polar surface area (TPSA) is 46.2 Å². The molecule has 0 unspecified atom stereocenters. The summed E-state index contributed by atoms with van der Waals surface area (Å²) in [5.41, 5.74) is 2.81. The third kappa shape index (κ3) is 3.47. The lowest BCUT2D eigenvalue weighted by atomic mass is 10.0. The van der Waals surface area contributed by atoms with E-state index in [2.05, 4.69) is 4.72 Å². The van der Waals surface area contributed by atoms with E-state index in [-0.39, 0.29) is 0 Å². The number of thiophene rings is 1. The van der Waals surface area contributed by atoms with Gasteiger partial charge in [-0.3, -0.25) is 4.72 Å². The first-order valence-corrected chi connectivity index (χ1v) is 9.54. The molecule has 1 heterocycles. The Morgan fingerprint density at radius 2 is 1.57 bits per heavy atom. The maximum Gasteiger partial charge on any atom is 0.271 e. The fourth-order valence-electron chi connectivity index (χ4n) is 2.25. The highest BCUT2D eigenvalue weighted by Crippen LogP contribution is 2.28. The average Bonchev–Trinajstić information content (AvgIpc) is 2.97. The number of benzene rings is 1. The summed E-state index contributed by atoms with van der Waals surface area (Å²) >= 11 is 1.34. The van der Waals surface area contributed by atoms with E-state index in [4.69, 9.17) is 0 Å². The summed E-state index contributed by atoms with van der Waals surface area (Å²) in [6.45, 7) is 6.09. The number of nitrogens with one attached hydrogen (secondary N) is 1. The van der Waals surface area contributed by atoms with Gasteiger partial charge in [0.05, 0.1) is 5.69 Å². The van der Waals surface area contributed by atoms with Crippen molar-refractivity contribution in [3.8, 4) is 0 Å².